The molecule has 4 rings (SSSR count). The van der Waals surface area contributed by atoms with Crippen molar-refractivity contribution in [2.24, 2.45) is 0 Å². The van der Waals surface area contributed by atoms with Crippen LogP contribution in [0, 0.1) is 0 Å². The van der Waals surface area contributed by atoms with E-state index in [0.717, 1.165) is 10.9 Å². The van der Waals surface area contributed by atoms with Crippen molar-refractivity contribution in [1.29, 1.82) is 0 Å². The summed E-state index contributed by atoms with van der Waals surface area (Å²) in [5.74, 6) is 0.144. The minimum atomic E-state index is -1.06. The highest BCUT2D eigenvalue weighted by Gasteiger charge is 2.18. The number of aromatic nitrogens is 3. The van der Waals surface area contributed by atoms with Crippen molar-refractivity contribution in [2.45, 2.75) is 6.54 Å². The molecule has 10 heteroatoms. The largest absolute Gasteiger partial charge is 0.465 e. The molecule has 0 saturated carbocycles. The molecule has 4 aromatic rings. The zero-order chi connectivity index (χ0) is 21.6. The molecule has 0 aliphatic heterocycles. The topological polar surface area (TPSA) is 136 Å². The molecular weight excluding hydrogens is 400 g/mol. The number of carbonyl (C=O) groups excluding carboxylic acids is 1. The van der Waals surface area contributed by atoms with Crippen LogP contribution < -0.4 is 10.6 Å². The van der Waals surface area contributed by atoms with E-state index in [1.54, 1.807) is 12.3 Å². The molecule has 31 heavy (non-hydrogen) atoms. The Labute approximate surface area is 176 Å². The zero-order valence-corrected chi connectivity index (χ0v) is 16.4. The lowest BCUT2D eigenvalue weighted by Crippen LogP contribution is -2.37. The van der Waals surface area contributed by atoms with Gasteiger partial charge in [-0.2, -0.15) is 0 Å². The van der Waals surface area contributed by atoms with Gasteiger partial charge in [0.05, 0.1) is 17.3 Å². The van der Waals surface area contributed by atoms with Crippen LogP contribution in [0.4, 0.5) is 16.3 Å². The molecule has 0 fully saturated rings. The van der Waals surface area contributed by atoms with E-state index in [9.17, 15) is 14.7 Å². The number of H-pyrrole nitrogens is 1. The summed E-state index contributed by atoms with van der Waals surface area (Å²) in [5.41, 5.74) is 1.98. The van der Waals surface area contributed by atoms with Gasteiger partial charge in [-0.05, 0) is 11.6 Å². The highest BCUT2D eigenvalue weighted by Crippen LogP contribution is 2.25. The molecule has 1 aromatic carbocycles. The molecule has 0 spiro atoms. The van der Waals surface area contributed by atoms with Crippen molar-refractivity contribution >= 4 is 34.5 Å². The number of benzene rings is 1. The second-order valence-electron chi connectivity index (χ2n) is 6.70. The predicted molar refractivity (Wildman–Crippen MR) is 113 cm³/mol. The van der Waals surface area contributed by atoms with Gasteiger partial charge in [0.25, 0.3) is 5.91 Å². The number of amides is 2. The summed E-state index contributed by atoms with van der Waals surface area (Å²) >= 11 is 0. The molecule has 4 N–H and O–H groups in total. The van der Waals surface area contributed by atoms with Crippen molar-refractivity contribution in [1.82, 2.24) is 25.2 Å². The first-order valence-electron chi connectivity index (χ1n) is 9.54. The van der Waals surface area contributed by atoms with Crippen LogP contribution in [0.5, 0.6) is 0 Å². The number of nitrogens with one attached hydrogen (secondary N) is 3. The highest BCUT2D eigenvalue weighted by molar-refractivity contribution is 5.99. The number of carbonyl (C=O) groups is 2. The summed E-state index contributed by atoms with van der Waals surface area (Å²) in [7, 11) is 0. The number of furan rings is 1. The van der Waals surface area contributed by atoms with Gasteiger partial charge in [-0.3, -0.25) is 4.79 Å². The molecule has 0 saturated heterocycles. The predicted octanol–water partition coefficient (Wildman–Crippen LogP) is 3.20. The molecule has 3 heterocycles. The highest BCUT2D eigenvalue weighted by atomic mass is 16.4. The van der Waals surface area contributed by atoms with Crippen LogP contribution in [-0.2, 0) is 6.54 Å². The zero-order valence-electron chi connectivity index (χ0n) is 16.4. The fourth-order valence-corrected chi connectivity index (χ4v) is 3.11. The molecule has 0 aliphatic carbocycles. The second kappa shape index (κ2) is 8.99. The van der Waals surface area contributed by atoms with Gasteiger partial charge in [0.15, 0.2) is 0 Å². The van der Waals surface area contributed by atoms with Crippen LogP contribution in [0.25, 0.3) is 11.0 Å². The van der Waals surface area contributed by atoms with E-state index in [0.29, 0.717) is 17.2 Å². The first-order valence-corrected chi connectivity index (χ1v) is 9.54. The van der Waals surface area contributed by atoms with E-state index >= 15 is 0 Å². The van der Waals surface area contributed by atoms with Gasteiger partial charge >= 0.3 is 6.09 Å². The fourth-order valence-electron chi connectivity index (χ4n) is 3.11. The molecule has 0 atom stereocenters. The van der Waals surface area contributed by atoms with Gasteiger partial charge in [-0.25, -0.2) is 14.8 Å². The van der Waals surface area contributed by atoms with Crippen LogP contribution in [0.15, 0.2) is 65.7 Å². The van der Waals surface area contributed by atoms with Gasteiger partial charge in [0.2, 0.25) is 5.76 Å². The molecule has 3 aromatic heterocycles. The van der Waals surface area contributed by atoms with Crippen molar-refractivity contribution in [3.8, 4) is 0 Å². The Morgan fingerprint density at radius 1 is 1.13 bits per heavy atom. The number of carboxylic acid groups (broad SMARTS) is 1. The lowest BCUT2D eigenvalue weighted by atomic mass is 10.2. The molecule has 0 unspecified atom stereocenters. The standard InChI is InChI=1S/C21H20N6O4/c28-20(23-9-10-27(21(29)30)12-14-4-2-1-3-5-14)17-16(7-11-31-17)26-19-15-6-8-22-18(15)24-13-25-19/h1-8,11,13H,9-10,12H2,(H,23,28)(H,29,30)(H2,22,24,25,26). The lowest BCUT2D eigenvalue weighted by molar-refractivity contribution is 0.0917. The van der Waals surface area contributed by atoms with Crippen molar-refractivity contribution in [3.05, 3.63) is 72.6 Å². The van der Waals surface area contributed by atoms with Crippen LogP contribution in [0.3, 0.4) is 0 Å². The van der Waals surface area contributed by atoms with E-state index in [1.807, 2.05) is 36.4 Å². The number of rotatable bonds is 8. The van der Waals surface area contributed by atoms with Gasteiger partial charge in [-0.15, -0.1) is 0 Å². The lowest BCUT2D eigenvalue weighted by Gasteiger charge is -2.19. The minimum absolute atomic E-state index is 0.0761. The summed E-state index contributed by atoms with van der Waals surface area (Å²) in [4.78, 5) is 36.7. The Morgan fingerprint density at radius 3 is 2.77 bits per heavy atom. The average molecular weight is 420 g/mol. The van der Waals surface area contributed by atoms with Crippen molar-refractivity contribution in [3.63, 3.8) is 0 Å². The maximum absolute atomic E-state index is 12.6. The van der Waals surface area contributed by atoms with Gasteiger partial charge < -0.3 is 30.0 Å². The first kappa shape index (κ1) is 20.0. The van der Waals surface area contributed by atoms with E-state index in [-0.39, 0.29) is 25.4 Å². The molecular formula is C21H20N6O4. The van der Waals surface area contributed by atoms with E-state index in [4.69, 9.17) is 4.42 Å². The van der Waals surface area contributed by atoms with Gasteiger partial charge in [0.1, 0.15) is 17.8 Å². The normalized spacial score (nSPS) is 10.7. The third-order valence-electron chi connectivity index (χ3n) is 4.63. The number of anilines is 2. The van der Waals surface area contributed by atoms with Crippen molar-refractivity contribution < 1.29 is 19.1 Å². The summed E-state index contributed by atoms with van der Waals surface area (Å²) in [5, 5.41) is 16.0. The fraction of sp³-hybridized carbons (Fsp3) is 0.143. The van der Waals surface area contributed by atoms with Crippen LogP contribution >= 0.6 is 0 Å². The number of nitrogens with zero attached hydrogens (tertiary/aromatic N) is 3. The summed E-state index contributed by atoms with van der Waals surface area (Å²) in [6, 6.07) is 12.7. The van der Waals surface area contributed by atoms with E-state index in [2.05, 4.69) is 25.6 Å². The van der Waals surface area contributed by atoms with Crippen LogP contribution in [0.2, 0.25) is 0 Å². The molecule has 0 aliphatic rings. The second-order valence-corrected chi connectivity index (χ2v) is 6.70. The SMILES string of the molecule is O=C(NCCN(Cc1ccccc1)C(=O)O)c1occc1Nc1ncnc2[nH]ccc12. The summed E-state index contributed by atoms with van der Waals surface area (Å²) in [6.07, 6.45) is 3.50. The molecule has 2 amide bonds. The van der Waals surface area contributed by atoms with E-state index in [1.165, 1.54) is 17.5 Å². The Bertz CT molecular complexity index is 1190. The average Bonchev–Trinajstić information content (AvgIpc) is 3.43. The molecule has 10 nitrogen and oxygen atoms in total. The van der Waals surface area contributed by atoms with Crippen molar-refractivity contribution in [2.75, 3.05) is 18.4 Å². The maximum atomic E-state index is 12.6. The van der Waals surface area contributed by atoms with E-state index < -0.39 is 12.0 Å². The first-order chi connectivity index (χ1) is 15.1. The van der Waals surface area contributed by atoms with Crippen LogP contribution in [-0.4, -0.2) is 50.0 Å². The molecule has 0 radical (unpaired) electrons. The van der Waals surface area contributed by atoms with Gasteiger partial charge in [0, 0.05) is 31.9 Å². The third-order valence-corrected chi connectivity index (χ3v) is 4.63. The number of hydrogen-bond donors (Lipinski definition) is 4. The molecule has 0 bridgehead atoms. The maximum Gasteiger partial charge on any atom is 0.407 e. The molecule has 158 valence electrons. The Morgan fingerprint density at radius 2 is 1.97 bits per heavy atom. The number of hydrogen-bond acceptors (Lipinski definition) is 6. The Balaban J connectivity index is 1.38. The smallest absolute Gasteiger partial charge is 0.407 e. The Kier molecular flexibility index (Phi) is 5.79. The minimum Gasteiger partial charge on any atom is -0.465 e. The third kappa shape index (κ3) is 4.64. The summed E-state index contributed by atoms with van der Waals surface area (Å²) < 4.78 is 5.34. The Hall–Kier alpha value is -4.34. The summed E-state index contributed by atoms with van der Waals surface area (Å²) in [6.45, 7) is 0.503. The quantitative estimate of drug-likeness (QED) is 0.344. The van der Waals surface area contributed by atoms with Gasteiger partial charge in [-0.1, -0.05) is 30.3 Å². The number of aromatic amines is 1. The number of fused-ring (bicyclic) bond motifs is 1. The monoisotopic (exact) mass is 420 g/mol. The van der Waals surface area contributed by atoms with Crippen LogP contribution in [0.1, 0.15) is 16.1 Å².